The van der Waals surface area contributed by atoms with Crippen LogP contribution in [0.4, 0.5) is 0 Å². The normalized spacial score (nSPS) is 10.8. The molecule has 19 heavy (non-hydrogen) atoms. The number of hydrogen-bond acceptors (Lipinski definition) is 5. The fraction of sp³-hybridized carbons (Fsp3) is 0.462. The third kappa shape index (κ3) is 6.51. The van der Waals surface area contributed by atoms with Crippen molar-refractivity contribution in [2.24, 2.45) is 0 Å². The van der Waals surface area contributed by atoms with E-state index in [1.807, 2.05) is 0 Å². The van der Waals surface area contributed by atoms with Gasteiger partial charge in [0.05, 0.1) is 13.2 Å². The van der Waals surface area contributed by atoms with Gasteiger partial charge in [-0.1, -0.05) is 11.8 Å². The predicted molar refractivity (Wildman–Crippen MR) is 72.8 cm³/mol. The van der Waals surface area contributed by atoms with Crippen molar-refractivity contribution >= 4 is 7.60 Å². The lowest BCUT2D eigenvalue weighted by Gasteiger charge is -2.15. The van der Waals surface area contributed by atoms with Crippen molar-refractivity contribution in [2.75, 3.05) is 26.2 Å². The molecule has 0 amide bonds. The highest BCUT2D eigenvalue weighted by Crippen LogP contribution is 2.47. The third-order valence-corrected chi connectivity index (χ3v) is 3.79. The van der Waals surface area contributed by atoms with Crippen molar-refractivity contribution < 1.29 is 18.3 Å². The molecule has 0 aliphatic heterocycles. The van der Waals surface area contributed by atoms with Crippen molar-refractivity contribution in [1.29, 1.82) is 0 Å². The summed E-state index contributed by atoms with van der Waals surface area (Å²) in [4.78, 5) is 3.89. The lowest BCUT2D eigenvalue weighted by Crippen LogP contribution is -2.03. The Balaban J connectivity index is 2.37. The highest BCUT2D eigenvalue weighted by molar-refractivity contribution is 7.53. The molecule has 0 saturated carbocycles. The lowest BCUT2D eigenvalue weighted by molar-refractivity contribution is 0.152. The fourth-order valence-electron chi connectivity index (χ4n) is 1.29. The largest absolute Gasteiger partial charge is 0.356 e. The van der Waals surface area contributed by atoms with E-state index in [1.54, 1.807) is 38.4 Å². The van der Waals surface area contributed by atoms with Crippen LogP contribution < -0.4 is 0 Å². The second-order valence-corrected chi connectivity index (χ2v) is 5.46. The van der Waals surface area contributed by atoms with Crippen LogP contribution in [0, 0.1) is 11.8 Å². The van der Waals surface area contributed by atoms with Gasteiger partial charge in [0.25, 0.3) is 0 Å². The maximum atomic E-state index is 12.0. The average molecular weight is 283 g/mol. The fourth-order valence-corrected chi connectivity index (χ4v) is 2.61. The molecular formula is C13H18NO4P. The van der Waals surface area contributed by atoms with Gasteiger partial charge < -0.3 is 13.8 Å². The zero-order valence-electron chi connectivity index (χ0n) is 11.2. The SMILES string of the molecule is CCOP(=O)(COCC#Cc1ccncc1)OCC. The number of nitrogens with zero attached hydrogens (tertiary/aromatic N) is 1. The number of rotatable bonds is 7. The minimum Gasteiger partial charge on any atom is -0.356 e. The summed E-state index contributed by atoms with van der Waals surface area (Å²) in [7, 11) is -3.13. The number of aromatic nitrogens is 1. The van der Waals surface area contributed by atoms with E-state index >= 15 is 0 Å². The van der Waals surface area contributed by atoms with Gasteiger partial charge in [-0.25, -0.2) is 0 Å². The molecule has 0 N–H and O–H groups in total. The van der Waals surface area contributed by atoms with Crippen LogP contribution in [0.2, 0.25) is 0 Å². The molecule has 0 unspecified atom stereocenters. The van der Waals surface area contributed by atoms with Crippen molar-refractivity contribution in [2.45, 2.75) is 13.8 Å². The highest BCUT2D eigenvalue weighted by Gasteiger charge is 2.23. The van der Waals surface area contributed by atoms with Gasteiger partial charge in [0.15, 0.2) is 0 Å². The van der Waals surface area contributed by atoms with Crippen LogP contribution in [0.25, 0.3) is 0 Å². The summed E-state index contributed by atoms with van der Waals surface area (Å²) in [5, 5.41) is 0. The number of pyridine rings is 1. The summed E-state index contributed by atoms with van der Waals surface area (Å²) in [6.45, 7) is 4.34. The average Bonchev–Trinajstić information content (AvgIpc) is 2.40. The Morgan fingerprint density at radius 1 is 1.21 bits per heavy atom. The van der Waals surface area contributed by atoms with Gasteiger partial charge in [0, 0.05) is 18.0 Å². The standard InChI is InChI=1S/C13H18NO4P/c1-3-17-19(15,18-4-2)12-16-11-5-6-13-7-9-14-10-8-13/h7-10H,3-4,11-12H2,1-2H3. The molecule has 5 nitrogen and oxygen atoms in total. The third-order valence-electron chi connectivity index (χ3n) is 1.99. The van der Waals surface area contributed by atoms with Gasteiger partial charge in [-0.05, 0) is 26.0 Å². The zero-order valence-corrected chi connectivity index (χ0v) is 12.1. The Kier molecular flexibility index (Phi) is 7.39. The molecule has 0 spiro atoms. The first kappa shape index (κ1) is 15.9. The van der Waals surface area contributed by atoms with Crippen LogP contribution >= 0.6 is 7.60 Å². The molecule has 0 saturated heterocycles. The van der Waals surface area contributed by atoms with Gasteiger partial charge in [-0.3, -0.25) is 9.55 Å². The molecule has 0 radical (unpaired) electrons. The summed E-state index contributed by atoms with van der Waals surface area (Å²) >= 11 is 0. The zero-order chi connectivity index (χ0) is 14.0. The van der Waals surface area contributed by atoms with Gasteiger partial charge in [-0.2, -0.15) is 0 Å². The van der Waals surface area contributed by atoms with Gasteiger partial charge in [0.2, 0.25) is 0 Å². The van der Waals surface area contributed by atoms with Gasteiger partial charge >= 0.3 is 7.60 Å². The first-order valence-electron chi connectivity index (χ1n) is 6.05. The van der Waals surface area contributed by atoms with Crippen molar-refractivity contribution in [3.8, 4) is 11.8 Å². The maximum absolute atomic E-state index is 12.0. The van der Waals surface area contributed by atoms with E-state index in [9.17, 15) is 4.57 Å². The molecule has 6 heteroatoms. The molecule has 1 aromatic heterocycles. The Labute approximate surface area is 113 Å². The van der Waals surface area contributed by atoms with Gasteiger partial charge in [-0.15, -0.1) is 0 Å². The first-order chi connectivity index (χ1) is 9.20. The van der Waals surface area contributed by atoms with Crippen LogP contribution in [-0.2, 0) is 18.3 Å². The van der Waals surface area contributed by atoms with Crippen LogP contribution in [0.3, 0.4) is 0 Å². The van der Waals surface area contributed by atoms with E-state index in [2.05, 4.69) is 16.8 Å². The lowest BCUT2D eigenvalue weighted by atomic mass is 10.3. The summed E-state index contributed by atoms with van der Waals surface area (Å²) in [6.07, 6.45) is 3.26. The first-order valence-corrected chi connectivity index (χ1v) is 7.77. The molecule has 1 rings (SSSR count). The molecule has 1 aromatic rings. The van der Waals surface area contributed by atoms with E-state index in [0.29, 0.717) is 13.2 Å². The molecular weight excluding hydrogens is 265 g/mol. The van der Waals surface area contributed by atoms with E-state index < -0.39 is 7.60 Å². The molecule has 1 heterocycles. The van der Waals surface area contributed by atoms with Crippen LogP contribution in [0.1, 0.15) is 19.4 Å². The van der Waals surface area contributed by atoms with Crippen LogP contribution in [0.15, 0.2) is 24.5 Å². The summed E-state index contributed by atoms with van der Waals surface area (Å²) < 4.78 is 27.4. The Morgan fingerprint density at radius 3 is 2.42 bits per heavy atom. The molecule has 0 aromatic carbocycles. The summed E-state index contributed by atoms with van der Waals surface area (Å²) in [5.41, 5.74) is 0.858. The van der Waals surface area contributed by atoms with E-state index in [0.717, 1.165) is 5.56 Å². The Morgan fingerprint density at radius 2 is 1.84 bits per heavy atom. The Bertz CT molecular complexity index is 457. The van der Waals surface area contributed by atoms with E-state index in [4.69, 9.17) is 13.8 Å². The van der Waals surface area contributed by atoms with Crippen molar-refractivity contribution in [1.82, 2.24) is 4.98 Å². The second-order valence-electron chi connectivity index (χ2n) is 3.46. The predicted octanol–water partition coefficient (Wildman–Crippen LogP) is 2.67. The molecule has 0 bridgehead atoms. The maximum Gasteiger partial charge on any atom is 0.356 e. The van der Waals surface area contributed by atoms with Gasteiger partial charge in [0.1, 0.15) is 13.0 Å². The van der Waals surface area contributed by atoms with Crippen LogP contribution in [0.5, 0.6) is 0 Å². The molecule has 0 aliphatic carbocycles. The summed E-state index contributed by atoms with van der Waals surface area (Å²) in [5.74, 6) is 5.73. The summed E-state index contributed by atoms with van der Waals surface area (Å²) in [6, 6.07) is 3.61. The quantitative estimate of drug-likeness (QED) is 0.437. The van der Waals surface area contributed by atoms with Crippen molar-refractivity contribution in [3.63, 3.8) is 0 Å². The van der Waals surface area contributed by atoms with Crippen molar-refractivity contribution in [3.05, 3.63) is 30.1 Å². The van der Waals surface area contributed by atoms with Crippen LogP contribution in [-0.4, -0.2) is 31.2 Å². The Hall–Kier alpha value is -1.18. The van der Waals surface area contributed by atoms with E-state index in [-0.39, 0.29) is 13.0 Å². The molecule has 0 aliphatic rings. The van der Waals surface area contributed by atoms with E-state index in [1.165, 1.54) is 0 Å². The monoisotopic (exact) mass is 283 g/mol. The number of hydrogen-bond donors (Lipinski definition) is 0. The minimum atomic E-state index is -3.13. The molecule has 0 fully saturated rings. The molecule has 0 atom stereocenters. The topological polar surface area (TPSA) is 57.7 Å². The second kappa shape index (κ2) is 8.84. The smallest absolute Gasteiger partial charge is 0.356 e. The minimum absolute atomic E-state index is 0.0836. The molecule has 104 valence electrons. The highest BCUT2D eigenvalue weighted by atomic mass is 31.2. The number of ether oxygens (including phenoxy) is 1.